The number of rotatable bonds is 7. The molecule has 4 aromatic rings. The molecule has 0 bridgehead atoms. The number of likely N-dealkylation sites (tertiary alicyclic amines) is 1. The number of anilines is 2. The van der Waals surface area contributed by atoms with E-state index in [0.717, 1.165) is 91.1 Å². The molecule has 2 aliphatic heterocycles. The maximum atomic E-state index is 13.4. The lowest BCUT2D eigenvalue weighted by Gasteiger charge is -2.26. The number of H-pyrrole nitrogens is 1. The average Bonchev–Trinajstić information content (AvgIpc) is 3.69. The number of carbonyl (C=O) groups excluding carboxylic acids is 1. The third-order valence-corrected chi connectivity index (χ3v) is 7.90. The number of hydrogen-bond acceptors (Lipinski definition) is 6. The number of nitrogens with one attached hydrogen (secondary N) is 3. The zero-order chi connectivity index (χ0) is 24.3. The fourth-order valence-electron chi connectivity index (χ4n) is 5.28. The monoisotopic (exact) mass is 501 g/mol. The third-order valence-electron chi connectivity index (χ3n) is 7.19. The Labute approximate surface area is 214 Å². The summed E-state index contributed by atoms with van der Waals surface area (Å²) < 4.78 is 5.46. The summed E-state index contributed by atoms with van der Waals surface area (Å²) in [5.74, 6) is 0.0169. The Morgan fingerprint density at radius 2 is 1.83 bits per heavy atom. The van der Waals surface area contributed by atoms with Crippen molar-refractivity contribution in [3.63, 3.8) is 0 Å². The van der Waals surface area contributed by atoms with Crippen LogP contribution in [0.15, 0.2) is 59.3 Å². The van der Waals surface area contributed by atoms with Crippen molar-refractivity contribution >= 4 is 39.5 Å². The second-order valence-corrected chi connectivity index (χ2v) is 10.4. The lowest BCUT2D eigenvalue weighted by Crippen LogP contribution is -2.35. The number of nitrogens with zero attached hydrogens (tertiary/aromatic N) is 2. The van der Waals surface area contributed by atoms with Gasteiger partial charge in [-0.25, -0.2) is 0 Å². The first-order valence-corrected chi connectivity index (χ1v) is 13.7. The number of amides is 1. The van der Waals surface area contributed by atoms with Gasteiger partial charge in [0.25, 0.3) is 0 Å². The molecule has 0 saturated carbocycles. The standard InChI is InChI=1S/C28H31N5O2S/c34-28(27(20-11-16-36-18-20)33-12-1-2-13-33)30-23-7-8-25-24(17-23)26(32-31-25)19-3-5-21(6-4-19)29-22-9-14-35-15-10-22/h3-8,11,16-18,22,27,29H,1-2,9-10,12-15H2,(H,30,34)(H,31,32). The zero-order valence-electron chi connectivity index (χ0n) is 20.2. The first-order valence-electron chi connectivity index (χ1n) is 12.7. The van der Waals surface area contributed by atoms with Gasteiger partial charge in [0, 0.05) is 41.6 Å². The van der Waals surface area contributed by atoms with Crippen molar-refractivity contribution in [3.8, 4) is 11.3 Å². The molecule has 8 heteroatoms. The highest BCUT2D eigenvalue weighted by atomic mass is 32.1. The van der Waals surface area contributed by atoms with Gasteiger partial charge < -0.3 is 15.4 Å². The van der Waals surface area contributed by atoms with E-state index in [1.165, 1.54) is 0 Å². The van der Waals surface area contributed by atoms with Crippen LogP contribution in [0, 0.1) is 0 Å². The highest BCUT2D eigenvalue weighted by Gasteiger charge is 2.30. The number of fused-ring (bicyclic) bond motifs is 1. The van der Waals surface area contributed by atoms with Crippen molar-refractivity contribution in [1.29, 1.82) is 0 Å². The average molecular weight is 502 g/mol. The van der Waals surface area contributed by atoms with Crippen LogP contribution in [0.2, 0.25) is 0 Å². The highest BCUT2D eigenvalue weighted by molar-refractivity contribution is 7.08. The van der Waals surface area contributed by atoms with E-state index in [-0.39, 0.29) is 11.9 Å². The molecule has 7 nitrogen and oxygen atoms in total. The largest absolute Gasteiger partial charge is 0.382 e. The summed E-state index contributed by atoms with van der Waals surface area (Å²) in [5.41, 5.74) is 5.83. The zero-order valence-corrected chi connectivity index (χ0v) is 21.0. The summed E-state index contributed by atoms with van der Waals surface area (Å²) in [7, 11) is 0. The van der Waals surface area contributed by atoms with E-state index >= 15 is 0 Å². The molecule has 36 heavy (non-hydrogen) atoms. The minimum atomic E-state index is -0.256. The van der Waals surface area contributed by atoms with E-state index in [1.807, 2.05) is 23.6 Å². The Morgan fingerprint density at radius 1 is 1.06 bits per heavy atom. The predicted molar refractivity (Wildman–Crippen MR) is 145 cm³/mol. The molecule has 2 saturated heterocycles. The third kappa shape index (κ3) is 4.89. The van der Waals surface area contributed by atoms with Gasteiger partial charge in [-0.3, -0.25) is 14.8 Å². The normalized spacial score (nSPS) is 17.9. The van der Waals surface area contributed by atoms with E-state index in [0.29, 0.717) is 6.04 Å². The van der Waals surface area contributed by atoms with E-state index in [9.17, 15) is 4.79 Å². The summed E-state index contributed by atoms with van der Waals surface area (Å²) in [6, 6.07) is 16.6. The van der Waals surface area contributed by atoms with Crippen molar-refractivity contribution in [3.05, 3.63) is 64.9 Å². The van der Waals surface area contributed by atoms with Crippen molar-refractivity contribution in [2.45, 2.75) is 37.8 Å². The number of aromatic nitrogens is 2. The molecule has 0 radical (unpaired) electrons. The highest BCUT2D eigenvalue weighted by Crippen LogP contribution is 2.32. The van der Waals surface area contributed by atoms with Crippen LogP contribution in [0.3, 0.4) is 0 Å². The Morgan fingerprint density at radius 3 is 2.58 bits per heavy atom. The molecule has 2 aromatic carbocycles. The van der Waals surface area contributed by atoms with Crippen LogP contribution >= 0.6 is 11.3 Å². The number of benzene rings is 2. The van der Waals surface area contributed by atoms with Crippen molar-refractivity contribution < 1.29 is 9.53 Å². The van der Waals surface area contributed by atoms with Crippen LogP contribution in [-0.4, -0.2) is 53.3 Å². The summed E-state index contributed by atoms with van der Waals surface area (Å²) in [6.45, 7) is 3.55. The van der Waals surface area contributed by atoms with Gasteiger partial charge in [-0.2, -0.15) is 16.4 Å². The Bertz CT molecular complexity index is 1310. The first kappa shape index (κ1) is 23.2. The van der Waals surface area contributed by atoms with Gasteiger partial charge in [0.2, 0.25) is 5.91 Å². The SMILES string of the molecule is O=C(Nc1ccc2[nH]nc(-c3ccc(NC4CCOCC4)cc3)c2c1)C(c1ccsc1)N1CCCC1. The van der Waals surface area contributed by atoms with Crippen LogP contribution < -0.4 is 10.6 Å². The van der Waals surface area contributed by atoms with Gasteiger partial charge in [0.15, 0.2) is 0 Å². The molecule has 0 aliphatic carbocycles. The maximum Gasteiger partial charge on any atom is 0.246 e. The quantitative estimate of drug-likeness (QED) is 0.305. The van der Waals surface area contributed by atoms with Crippen molar-refractivity contribution in [2.75, 3.05) is 36.9 Å². The van der Waals surface area contributed by atoms with Crippen LogP contribution in [0.25, 0.3) is 22.2 Å². The Kier molecular flexibility index (Phi) is 6.72. The number of aromatic amines is 1. The minimum Gasteiger partial charge on any atom is -0.382 e. The van der Waals surface area contributed by atoms with Gasteiger partial charge in [-0.15, -0.1) is 0 Å². The molecule has 2 aromatic heterocycles. The second-order valence-electron chi connectivity index (χ2n) is 9.63. The topological polar surface area (TPSA) is 82.3 Å². The molecular formula is C28H31N5O2S. The van der Waals surface area contributed by atoms with Crippen LogP contribution in [-0.2, 0) is 9.53 Å². The van der Waals surface area contributed by atoms with Crippen molar-refractivity contribution in [1.82, 2.24) is 15.1 Å². The van der Waals surface area contributed by atoms with Crippen molar-refractivity contribution in [2.24, 2.45) is 0 Å². The molecule has 1 atom stereocenters. The molecule has 6 rings (SSSR count). The van der Waals surface area contributed by atoms with Gasteiger partial charge in [-0.05, 0) is 91.5 Å². The summed E-state index contributed by atoms with van der Waals surface area (Å²) in [4.78, 5) is 15.7. The van der Waals surface area contributed by atoms with E-state index < -0.39 is 0 Å². The fourth-order valence-corrected chi connectivity index (χ4v) is 5.96. The minimum absolute atomic E-state index is 0.0169. The number of carbonyl (C=O) groups is 1. The predicted octanol–water partition coefficient (Wildman–Crippen LogP) is 5.66. The van der Waals surface area contributed by atoms with Crippen LogP contribution in [0.5, 0.6) is 0 Å². The lowest BCUT2D eigenvalue weighted by molar-refractivity contribution is -0.121. The number of ether oxygens (including phenoxy) is 1. The van der Waals surface area contributed by atoms with Crippen LogP contribution in [0.1, 0.15) is 37.3 Å². The number of hydrogen-bond donors (Lipinski definition) is 3. The molecule has 186 valence electrons. The van der Waals surface area contributed by atoms with E-state index in [4.69, 9.17) is 4.74 Å². The van der Waals surface area contributed by atoms with Gasteiger partial charge >= 0.3 is 0 Å². The summed E-state index contributed by atoms with van der Waals surface area (Å²) in [6.07, 6.45) is 4.35. The molecular weight excluding hydrogens is 470 g/mol. The van der Waals surface area contributed by atoms with E-state index in [2.05, 4.69) is 61.4 Å². The molecule has 0 spiro atoms. The Balaban J connectivity index is 1.21. The summed E-state index contributed by atoms with van der Waals surface area (Å²) in [5, 5.41) is 19.6. The molecule has 4 heterocycles. The van der Waals surface area contributed by atoms with Gasteiger partial charge in [0.05, 0.1) is 11.2 Å². The molecule has 2 aliphatic rings. The summed E-state index contributed by atoms with van der Waals surface area (Å²) >= 11 is 1.63. The number of thiophene rings is 1. The molecule has 1 unspecified atom stereocenters. The first-order chi connectivity index (χ1) is 17.7. The lowest BCUT2D eigenvalue weighted by atomic mass is 10.1. The molecule has 3 N–H and O–H groups in total. The van der Waals surface area contributed by atoms with E-state index in [1.54, 1.807) is 11.3 Å². The van der Waals surface area contributed by atoms with Crippen LogP contribution in [0.4, 0.5) is 11.4 Å². The molecule has 2 fully saturated rings. The molecule has 1 amide bonds. The fraction of sp³-hybridized carbons (Fsp3) is 0.357. The van der Waals surface area contributed by atoms with Gasteiger partial charge in [0.1, 0.15) is 6.04 Å². The second kappa shape index (κ2) is 10.4. The maximum absolute atomic E-state index is 13.4. The smallest absolute Gasteiger partial charge is 0.246 e. The van der Waals surface area contributed by atoms with Gasteiger partial charge in [-0.1, -0.05) is 12.1 Å². The Hall–Kier alpha value is -3.20.